The van der Waals surface area contributed by atoms with E-state index in [2.05, 4.69) is 19.9 Å². The second-order valence-electron chi connectivity index (χ2n) is 6.20. The average molecular weight is 362 g/mol. The Morgan fingerprint density at radius 3 is 2.59 bits per heavy atom. The summed E-state index contributed by atoms with van der Waals surface area (Å²) in [5, 5.41) is 9.86. The summed E-state index contributed by atoms with van der Waals surface area (Å²) in [6.45, 7) is 3.01. The number of aromatic carboxylic acids is 1. The van der Waals surface area contributed by atoms with Gasteiger partial charge in [0, 0.05) is 36.4 Å². The summed E-state index contributed by atoms with van der Waals surface area (Å²) in [4.78, 5) is 26.5. The number of rotatable bonds is 4. The largest absolute Gasteiger partial charge is 0.478 e. The number of hydrogen-bond donors (Lipinski definition) is 1. The Balaban J connectivity index is 1.50. The van der Waals surface area contributed by atoms with E-state index in [1.165, 1.54) is 0 Å². The van der Waals surface area contributed by atoms with Gasteiger partial charge >= 0.3 is 5.97 Å². The van der Waals surface area contributed by atoms with Gasteiger partial charge < -0.3 is 14.7 Å². The number of carboxylic acids is 1. The summed E-state index contributed by atoms with van der Waals surface area (Å²) in [7, 11) is 0. The molecule has 7 nitrogen and oxygen atoms in total. The van der Waals surface area contributed by atoms with E-state index >= 15 is 0 Å². The van der Waals surface area contributed by atoms with E-state index < -0.39 is 5.97 Å². The van der Waals surface area contributed by atoms with E-state index in [0.29, 0.717) is 19.2 Å². The molecule has 1 N–H and O–H groups in total. The maximum Gasteiger partial charge on any atom is 0.335 e. The fourth-order valence-corrected chi connectivity index (χ4v) is 2.89. The normalized spacial score (nSPS) is 14.7. The molecule has 1 fully saturated rings. The first kappa shape index (κ1) is 17.1. The lowest BCUT2D eigenvalue weighted by atomic mass is 10.1. The van der Waals surface area contributed by atoms with Crippen LogP contribution in [0.4, 0.5) is 5.95 Å². The molecule has 0 atom stereocenters. The van der Waals surface area contributed by atoms with Crippen molar-refractivity contribution in [3.63, 3.8) is 0 Å². The van der Waals surface area contributed by atoms with Crippen LogP contribution in [0.3, 0.4) is 0 Å². The highest BCUT2D eigenvalue weighted by atomic mass is 16.5. The summed E-state index contributed by atoms with van der Waals surface area (Å²) in [6.07, 6.45) is 7.36. The lowest BCUT2D eigenvalue weighted by Gasteiger charge is -2.26. The first-order chi connectivity index (χ1) is 13.2. The standard InChI is InChI=1S/C20H18N4O3/c25-19(26)16-3-6-18-15(11-16)2-5-17(23-18)4-1-14-12-21-20(22-13-14)24-7-9-27-10-8-24/h1-6,11-13H,7-10H2,(H,25,26). The minimum absolute atomic E-state index is 0.255. The molecule has 7 heteroatoms. The van der Waals surface area contributed by atoms with Crippen LogP contribution in [-0.2, 0) is 4.74 Å². The Kier molecular flexibility index (Phi) is 4.76. The van der Waals surface area contributed by atoms with Gasteiger partial charge in [-0.3, -0.25) is 0 Å². The van der Waals surface area contributed by atoms with Crippen molar-refractivity contribution in [1.82, 2.24) is 15.0 Å². The molecule has 136 valence electrons. The SMILES string of the molecule is O=C(O)c1ccc2nc(C=Cc3cnc(N4CCOCC4)nc3)ccc2c1. The van der Waals surface area contributed by atoms with E-state index in [1.54, 1.807) is 30.6 Å². The third-order valence-electron chi connectivity index (χ3n) is 4.36. The molecule has 3 aromatic rings. The summed E-state index contributed by atoms with van der Waals surface area (Å²) >= 11 is 0. The number of aromatic nitrogens is 3. The quantitative estimate of drug-likeness (QED) is 0.763. The fraction of sp³-hybridized carbons (Fsp3) is 0.200. The Morgan fingerprint density at radius 2 is 1.85 bits per heavy atom. The summed E-state index contributed by atoms with van der Waals surface area (Å²) in [5.41, 5.74) is 2.67. The minimum atomic E-state index is -0.943. The molecule has 1 aliphatic heterocycles. The molecule has 0 unspecified atom stereocenters. The van der Waals surface area contributed by atoms with Gasteiger partial charge in [0.25, 0.3) is 0 Å². The molecule has 0 aliphatic carbocycles. The number of nitrogens with zero attached hydrogens (tertiary/aromatic N) is 4. The van der Waals surface area contributed by atoms with Crippen LogP contribution in [0.5, 0.6) is 0 Å². The molecular formula is C20H18N4O3. The summed E-state index contributed by atoms with van der Waals surface area (Å²) in [6, 6.07) is 8.62. The van der Waals surface area contributed by atoms with E-state index in [9.17, 15) is 4.79 Å². The van der Waals surface area contributed by atoms with Gasteiger partial charge in [-0.1, -0.05) is 6.07 Å². The van der Waals surface area contributed by atoms with Gasteiger partial charge in [-0.05, 0) is 36.4 Å². The second kappa shape index (κ2) is 7.51. The van der Waals surface area contributed by atoms with Gasteiger partial charge in [0.05, 0.1) is 30.0 Å². The Labute approximate surface area is 156 Å². The number of hydrogen-bond acceptors (Lipinski definition) is 6. The molecule has 4 rings (SSSR count). The molecule has 3 heterocycles. The van der Waals surface area contributed by atoms with Gasteiger partial charge in [0.15, 0.2) is 0 Å². The van der Waals surface area contributed by atoms with Gasteiger partial charge in [-0.2, -0.15) is 0 Å². The predicted octanol–water partition coefficient (Wildman–Crippen LogP) is 2.73. The van der Waals surface area contributed by atoms with Crippen LogP contribution in [-0.4, -0.2) is 52.3 Å². The van der Waals surface area contributed by atoms with E-state index in [-0.39, 0.29) is 5.56 Å². The number of benzene rings is 1. The fourth-order valence-electron chi connectivity index (χ4n) is 2.89. The van der Waals surface area contributed by atoms with Crippen molar-refractivity contribution in [2.75, 3.05) is 31.2 Å². The molecule has 1 saturated heterocycles. The number of fused-ring (bicyclic) bond motifs is 1. The molecule has 0 saturated carbocycles. The number of anilines is 1. The molecule has 2 aromatic heterocycles. The van der Waals surface area contributed by atoms with Crippen LogP contribution < -0.4 is 4.90 Å². The molecule has 0 radical (unpaired) electrons. The van der Waals surface area contributed by atoms with Gasteiger partial charge in [-0.15, -0.1) is 0 Å². The monoisotopic (exact) mass is 362 g/mol. The third-order valence-corrected chi connectivity index (χ3v) is 4.36. The molecule has 0 spiro atoms. The van der Waals surface area contributed by atoms with Crippen molar-refractivity contribution in [3.05, 3.63) is 59.5 Å². The second-order valence-corrected chi connectivity index (χ2v) is 6.20. The number of carbonyl (C=O) groups is 1. The van der Waals surface area contributed by atoms with E-state index in [0.717, 1.165) is 35.2 Å². The van der Waals surface area contributed by atoms with Crippen molar-refractivity contribution < 1.29 is 14.6 Å². The Bertz CT molecular complexity index is 996. The van der Waals surface area contributed by atoms with E-state index in [4.69, 9.17) is 9.84 Å². The van der Waals surface area contributed by atoms with Gasteiger partial charge in [-0.25, -0.2) is 19.7 Å². The zero-order valence-electron chi connectivity index (χ0n) is 14.6. The molecule has 1 aromatic carbocycles. The predicted molar refractivity (Wildman–Crippen MR) is 103 cm³/mol. The first-order valence-electron chi connectivity index (χ1n) is 8.66. The highest BCUT2D eigenvalue weighted by Crippen LogP contribution is 2.17. The van der Waals surface area contributed by atoms with Gasteiger partial charge in [0.1, 0.15) is 0 Å². The third kappa shape index (κ3) is 3.93. The molecule has 27 heavy (non-hydrogen) atoms. The number of carboxylic acid groups (broad SMARTS) is 1. The Morgan fingerprint density at radius 1 is 1.07 bits per heavy atom. The smallest absolute Gasteiger partial charge is 0.335 e. The number of pyridine rings is 1. The van der Waals surface area contributed by atoms with Crippen LogP contribution in [0.2, 0.25) is 0 Å². The van der Waals surface area contributed by atoms with Crippen molar-refractivity contribution in [2.45, 2.75) is 0 Å². The maximum absolute atomic E-state index is 11.0. The zero-order valence-corrected chi connectivity index (χ0v) is 14.6. The van der Waals surface area contributed by atoms with Crippen molar-refractivity contribution >= 4 is 35.0 Å². The van der Waals surface area contributed by atoms with Crippen molar-refractivity contribution in [3.8, 4) is 0 Å². The molecule has 0 bridgehead atoms. The summed E-state index contributed by atoms with van der Waals surface area (Å²) < 4.78 is 5.34. The zero-order chi connectivity index (χ0) is 18.6. The highest BCUT2D eigenvalue weighted by Gasteiger charge is 2.13. The lowest BCUT2D eigenvalue weighted by molar-refractivity contribution is 0.0697. The van der Waals surface area contributed by atoms with Crippen LogP contribution in [0.25, 0.3) is 23.1 Å². The van der Waals surface area contributed by atoms with Crippen LogP contribution in [0, 0.1) is 0 Å². The van der Waals surface area contributed by atoms with Crippen molar-refractivity contribution in [1.29, 1.82) is 0 Å². The minimum Gasteiger partial charge on any atom is -0.478 e. The molecule has 1 aliphatic rings. The van der Waals surface area contributed by atoms with E-state index in [1.807, 2.05) is 24.3 Å². The van der Waals surface area contributed by atoms with Crippen LogP contribution in [0.15, 0.2) is 42.7 Å². The highest BCUT2D eigenvalue weighted by molar-refractivity contribution is 5.93. The van der Waals surface area contributed by atoms with Gasteiger partial charge in [0.2, 0.25) is 5.95 Å². The lowest BCUT2D eigenvalue weighted by Crippen LogP contribution is -2.37. The number of morpholine rings is 1. The maximum atomic E-state index is 11.0. The average Bonchev–Trinajstić information content (AvgIpc) is 2.72. The number of ether oxygens (including phenoxy) is 1. The molecule has 0 amide bonds. The molecular weight excluding hydrogens is 344 g/mol. The summed E-state index contributed by atoms with van der Waals surface area (Å²) in [5.74, 6) is -0.227. The van der Waals surface area contributed by atoms with Crippen molar-refractivity contribution in [2.24, 2.45) is 0 Å². The van der Waals surface area contributed by atoms with Crippen LogP contribution >= 0.6 is 0 Å². The topological polar surface area (TPSA) is 88.4 Å². The van der Waals surface area contributed by atoms with Crippen LogP contribution in [0.1, 0.15) is 21.6 Å². The first-order valence-corrected chi connectivity index (χ1v) is 8.66. The Hall–Kier alpha value is -3.32.